The minimum absolute atomic E-state index is 0.389. The molecule has 2 aliphatic carbocycles. The first-order chi connectivity index (χ1) is 11.1. The van der Waals surface area contributed by atoms with Gasteiger partial charge in [-0.15, -0.1) is 0 Å². The van der Waals surface area contributed by atoms with Crippen molar-refractivity contribution in [1.29, 1.82) is 0 Å². The van der Waals surface area contributed by atoms with Crippen LogP contribution in [0.4, 0.5) is 0 Å². The van der Waals surface area contributed by atoms with E-state index in [1.807, 2.05) is 32.0 Å². The van der Waals surface area contributed by atoms with Crippen molar-refractivity contribution in [3.05, 3.63) is 35.9 Å². The maximum absolute atomic E-state index is 13.6. The number of fused-ring (bicyclic) bond motifs is 2. The highest BCUT2D eigenvalue weighted by Crippen LogP contribution is 2.70. The molecule has 23 heavy (non-hydrogen) atoms. The molecule has 2 fully saturated rings. The molecule has 0 spiro atoms. The first kappa shape index (κ1) is 17.2. The van der Waals surface area contributed by atoms with Crippen molar-refractivity contribution >= 4 is 7.60 Å². The molecule has 1 aromatic carbocycles. The lowest BCUT2D eigenvalue weighted by Gasteiger charge is -2.42. The first-order valence-electron chi connectivity index (χ1n) is 8.81. The fourth-order valence-electron chi connectivity index (χ4n) is 4.41. The Hall–Kier alpha value is -0.670. The van der Waals surface area contributed by atoms with Crippen LogP contribution < -0.4 is 5.32 Å². The highest BCUT2D eigenvalue weighted by atomic mass is 31.2. The molecule has 1 unspecified atom stereocenters. The van der Waals surface area contributed by atoms with Crippen LogP contribution in [0.1, 0.15) is 45.1 Å². The maximum Gasteiger partial charge on any atom is 0.350 e. The third kappa shape index (κ3) is 3.15. The number of nitrogens with one attached hydrogen (secondary N) is 1. The first-order valence-corrected chi connectivity index (χ1v) is 10.4. The molecule has 0 aromatic heterocycles. The van der Waals surface area contributed by atoms with Gasteiger partial charge in [-0.05, 0) is 56.9 Å². The van der Waals surface area contributed by atoms with Crippen molar-refractivity contribution in [3.63, 3.8) is 0 Å². The predicted octanol–water partition coefficient (Wildman–Crippen LogP) is 4.56. The zero-order valence-electron chi connectivity index (χ0n) is 14.2. The van der Waals surface area contributed by atoms with Crippen molar-refractivity contribution in [1.82, 2.24) is 5.32 Å². The zero-order valence-corrected chi connectivity index (χ0v) is 15.1. The fourth-order valence-corrected chi connectivity index (χ4v) is 7.06. The highest BCUT2D eigenvalue weighted by Gasteiger charge is 2.62. The van der Waals surface area contributed by atoms with Crippen molar-refractivity contribution in [2.24, 2.45) is 11.8 Å². The lowest BCUT2D eigenvalue weighted by molar-refractivity contribution is 0.158. The van der Waals surface area contributed by atoms with Gasteiger partial charge in [-0.2, -0.15) is 0 Å². The number of rotatable bonds is 8. The van der Waals surface area contributed by atoms with Gasteiger partial charge in [0.05, 0.1) is 13.2 Å². The van der Waals surface area contributed by atoms with E-state index in [1.54, 1.807) is 0 Å². The van der Waals surface area contributed by atoms with Crippen LogP contribution in [0.15, 0.2) is 30.3 Å². The van der Waals surface area contributed by atoms with E-state index in [2.05, 4.69) is 17.4 Å². The van der Waals surface area contributed by atoms with Gasteiger partial charge in [-0.25, -0.2) is 0 Å². The SMILES string of the molecule is CCOP(=O)(OCC)C1(NCc2ccccc2)C[C@@H]2CC[C@H]1C2. The molecular weight excluding hydrogens is 309 g/mol. The second kappa shape index (κ2) is 7.06. The van der Waals surface area contributed by atoms with Crippen LogP contribution in [0.5, 0.6) is 0 Å². The third-order valence-electron chi connectivity index (χ3n) is 5.34. The largest absolute Gasteiger partial charge is 0.350 e. The van der Waals surface area contributed by atoms with Gasteiger partial charge in [0, 0.05) is 6.54 Å². The molecule has 2 bridgehead atoms. The third-order valence-corrected chi connectivity index (χ3v) is 8.22. The van der Waals surface area contributed by atoms with Crippen molar-refractivity contribution in [2.75, 3.05) is 13.2 Å². The molecule has 4 nitrogen and oxygen atoms in total. The highest BCUT2D eigenvalue weighted by molar-refractivity contribution is 7.55. The fraction of sp³-hybridized carbons (Fsp3) is 0.667. The Bertz CT molecular complexity index is 555. The molecule has 128 valence electrons. The predicted molar refractivity (Wildman–Crippen MR) is 92.3 cm³/mol. The Balaban J connectivity index is 1.87. The van der Waals surface area contributed by atoms with E-state index in [9.17, 15) is 4.57 Å². The molecule has 1 N–H and O–H groups in total. The van der Waals surface area contributed by atoms with Gasteiger partial charge in [-0.3, -0.25) is 9.88 Å². The molecule has 1 aromatic rings. The number of hydrogen-bond acceptors (Lipinski definition) is 4. The molecule has 3 rings (SSSR count). The van der Waals surface area contributed by atoms with E-state index in [4.69, 9.17) is 9.05 Å². The van der Waals surface area contributed by atoms with Gasteiger partial charge in [0.25, 0.3) is 0 Å². The van der Waals surface area contributed by atoms with Gasteiger partial charge in [0.1, 0.15) is 5.28 Å². The van der Waals surface area contributed by atoms with Crippen LogP contribution in [0, 0.1) is 11.8 Å². The molecule has 0 aliphatic heterocycles. The number of benzene rings is 1. The van der Waals surface area contributed by atoms with Crippen LogP contribution >= 0.6 is 7.60 Å². The quantitative estimate of drug-likeness (QED) is 0.707. The molecule has 2 aliphatic rings. The Labute approximate surface area is 139 Å². The average Bonchev–Trinajstić information content (AvgIpc) is 3.16. The summed E-state index contributed by atoms with van der Waals surface area (Å²) in [5.74, 6) is 1.04. The second-order valence-corrected chi connectivity index (χ2v) is 8.99. The standard InChI is InChI=1S/C18H28NO3P/c1-3-21-23(20,22-4-2)18(13-16-10-11-17(18)12-16)19-14-15-8-6-5-7-9-15/h5-9,16-17,19H,3-4,10-14H2,1-2H3/t16-,17+,18?/m1/s1. The topological polar surface area (TPSA) is 47.6 Å². The summed E-state index contributed by atoms with van der Waals surface area (Å²) < 4.78 is 25.2. The van der Waals surface area contributed by atoms with Gasteiger partial charge < -0.3 is 9.05 Å². The zero-order chi connectivity index (χ0) is 16.3. The van der Waals surface area contributed by atoms with E-state index >= 15 is 0 Å². The summed E-state index contributed by atoms with van der Waals surface area (Å²) in [5.41, 5.74) is 1.20. The molecular formula is C18H28NO3P. The lowest BCUT2D eigenvalue weighted by Crippen LogP contribution is -2.49. The summed E-state index contributed by atoms with van der Waals surface area (Å²) in [7, 11) is -3.19. The maximum atomic E-state index is 13.6. The summed E-state index contributed by atoms with van der Waals surface area (Å²) in [6.07, 6.45) is 4.42. The van der Waals surface area contributed by atoms with Crippen molar-refractivity contribution in [2.45, 2.75) is 51.4 Å². The van der Waals surface area contributed by atoms with E-state index in [1.165, 1.54) is 12.0 Å². The van der Waals surface area contributed by atoms with Gasteiger partial charge in [-0.1, -0.05) is 30.3 Å². The molecule has 0 radical (unpaired) electrons. The molecule has 0 amide bonds. The smallest absolute Gasteiger partial charge is 0.308 e. The summed E-state index contributed by atoms with van der Waals surface area (Å²) in [4.78, 5) is 0. The minimum Gasteiger partial charge on any atom is -0.308 e. The monoisotopic (exact) mass is 337 g/mol. The Morgan fingerprint density at radius 1 is 1.17 bits per heavy atom. The van der Waals surface area contributed by atoms with Crippen LogP contribution in [0.3, 0.4) is 0 Å². The Kier molecular flexibility index (Phi) is 5.27. The van der Waals surface area contributed by atoms with E-state index < -0.39 is 12.9 Å². The van der Waals surface area contributed by atoms with E-state index in [0.29, 0.717) is 31.6 Å². The Morgan fingerprint density at radius 3 is 2.39 bits per heavy atom. The second-order valence-electron chi connectivity index (χ2n) is 6.68. The summed E-state index contributed by atoms with van der Waals surface area (Å²) in [6.45, 7) is 5.33. The van der Waals surface area contributed by atoms with E-state index in [-0.39, 0.29) is 0 Å². The van der Waals surface area contributed by atoms with Crippen LogP contribution in [-0.4, -0.2) is 18.5 Å². The molecule has 3 atom stereocenters. The van der Waals surface area contributed by atoms with Crippen LogP contribution in [-0.2, 0) is 20.2 Å². The van der Waals surface area contributed by atoms with Crippen molar-refractivity contribution < 1.29 is 13.6 Å². The van der Waals surface area contributed by atoms with Gasteiger partial charge in [0.15, 0.2) is 0 Å². The molecule has 0 saturated heterocycles. The lowest BCUT2D eigenvalue weighted by atomic mass is 9.94. The minimum atomic E-state index is -3.19. The van der Waals surface area contributed by atoms with Crippen molar-refractivity contribution in [3.8, 4) is 0 Å². The average molecular weight is 337 g/mol. The molecule has 2 saturated carbocycles. The molecule has 0 heterocycles. The van der Waals surface area contributed by atoms with E-state index in [0.717, 1.165) is 19.3 Å². The molecule has 5 heteroatoms. The van der Waals surface area contributed by atoms with Crippen LogP contribution in [0.25, 0.3) is 0 Å². The normalized spacial score (nSPS) is 30.0. The van der Waals surface area contributed by atoms with Crippen LogP contribution in [0.2, 0.25) is 0 Å². The van der Waals surface area contributed by atoms with Gasteiger partial charge in [0.2, 0.25) is 0 Å². The van der Waals surface area contributed by atoms with Gasteiger partial charge >= 0.3 is 7.60 Å². The number of hydrogen-bond donors (Lipinski definition) is 1. The summed E-state index contributed by atoms with van der Waals surface area (Å²) in [6, 6.07) is 10.3. The summed E-state index contributed by atoms with van der Waals surface area (Å²) >= 11 is 0. The summed E-state index contributed by atoms with van der Waals surface area (Å²) in [5, 5.41) is 3.12. The Morgan fingerprint density at radius 2 is 1.87 bits per heavy atom.